The third-order valence-corrected chi connectivity index (χ3v) is 6.56. The predicted molar refractivity (Wildman–Crippen MR) is 118 cm³/mol. The highest BCUT2D eigenvalue weighted by atomic mass is 19.1. The monoisotopic (exact) mass is 454 g/mol. The molecule has 8 heteroatoms. The minimum Gasteiger partial charge on any atom is -0.497 e. The summed E-state index contributed by atoms with van der Waals surface area (Å²) in [5, 5.41) is 0. The molecule has 0 aliphatic carbocycles. The van der Waals surface area contributed by atoms with Crippen LogP contribution in [-0.2, 0) is 19.8 Å². The van der Waals surface area contributed by atoms with Crippen LogP contribution < -0.4 is 9.47 Å². The number of carbonyl (C=O) groups is 3. The van der Waals surface area contributed by atoms with Gasteiger partial charge in [0.15, 0.2) is 11.6 Å². The van der Waals surface area contributed by atoms with Gasteiger partial charge in [0.1, 0.15) is 11.9 Å². The number of ether oxygens (including phenoxy) is 2. The first-order valence-electron chi connectivity index (χ1n) is 11.0. The summed E-state index contributed by atoms with van der Waals surface area (Å²) < 4.78 is 24.8. The average Bonchev–Trinajstić information content (AvgIpc) is 3.05. The van der Waals surface area contributed by atoms with Crippen molar-refractivity contribution in [1.82, 2.24) is 9.80 Å². The van der Waals surface area contributed by atoms with Crippen molar-refractivity contribution < 1.29 is 28.2 Å². The van der Waals surface area contributed by atoms with Crippen molar-refractivity contribution in [3.63, 3.8) is 0 Å². The Balaban J connectivity index is 1.46. The molecule has 0 saturated carbocycles. The van der Waals surface area contributed by atoms with Crippen LogP contribution in [0.4, 0.5) is 4.39 Å². The number of piperidine rings is 1. The second-order valence-electron chi connectivity index (χ2n) is 8.55. The number of halogens is 1. The van der Waals surface area contributed by atoms with E-state index < -0.39 is 11.2 Å². The van der Waals surface area contributed by atoms with E-state index in [-0.39, 0.29) is 42.4 Å². The topological polar surface area (TPSA) is 76.2 Å². The van der Waals surface area contributed by atoms with Crippen molar-refractivity contribution in [2.24, 2.45) is 0 Å². The number of hydrogen-bond donors (Lipinski definition) is 0. The highest BCUT2D eigenvalue weighted by Crippen LogP contribution is 2.40. The molecule has 0 spiro atoms. The Hall–Kier alpha value is -3.42. The number of likely N-dealkylation sites (N-methyl/N-ethyl adjacent to an activating group) is 1. The van der Waals surface area contributed by atoms with Crippen LogP contribution in [0.2, 0.25) is 0 Å². The molecular formula is C25H27FN2O5. The first kappa shape index (κ1) is 22.8. The van der Waals surface area contributed by atoms with Crippen LogP contribution in [0.15, 0.2) is 48.5 Å². The van der Waals surface area contributed by atoms with Crippen LogP contribution in [0.25, 0.3) is 0 Å². The summed E-state index contributed by atoms with van der Waals surface area (Å²) in [6.07, 6.45) is 0.785. The Bertz CT molecular complexity index is 1050. The number of methoxy groups -OCH3 is 1. The Labute approximate surface area is 192 Å². The van der Waals surface area contributed by atoms with Gasteiger partial charge >= 0.3 is 0 Å². The number of carbonyl (C=O) groups excluding carboxylic acids is 3. The summed E-state index contributed by atoms with van der Waals surface area (Å²) in [5.74, 6) is -0.442. The Morgan fingerprint density at radius 2 is 1.76 bits per heavy atom. The van der Waals surface area contributed by atoms with Gasteiger partial charge in [-0.25, -0.2) is 4.39 Å². The molecule has 2 aliphatic rings. The van der Waals surface area contributed by atoms with Crippen LogP contribution in [0.1, 0.15) is 31.2 Å². The first-order chi connectivity index (χ1) is 15.8. The molecule has 2 fully saturated rings. The van der Waals surface area contributed by atoms with Crippen LogP contribution in [-0.4, -0.2) is 60.9 Å². The molecule has 7 nitrogen and oxygen atoms in total. The molecule has 2 saturated heterocycles. The molecule has 0 aromatic heterocycles. The number of likely N-dealkylation sites (tertiary alicyclic amines) is 2. The molecule has 0 unspecified atom stereocenters. The number of hydrogen-bond acceptors (Lipinski definition) is 5. The van der Waals surface area contributed by atoms with Crippen molar-refractivity contribution in [2.75, 3.05) is 27.2 Å². The standard InChI is InChI=1S/C25H27FN2O5/c1-27-22(29)15-25(24(27)31,17-7-9-18(32-2)10-8-17)16-23(30)28-13-11-19(12-14-28)33-21-6-4-3-5-20(21)26/h3-10,19H,11-16H2,1-2H3/t25-/m1/s1. The van der Waals surface area contributed by atoms with Gasteiger partial charge in [0.25, 0.3) is 0 Å². The SMILES string of the molecule is COc1ccc([C@]2(CC(=O)N3CCC(Oc4ccccc4F)CC3)CC(=O)N(C)C2=O)cc1. The summed E-state index contributed by atoms with van der Waals surface area (Å²) in [7, 11) is 3.00. The number of imide groups is 1. The Morgan fingerprint density at radius 1 is 1.09 bits per heavy atom. The fourth-order valence-corrected chi connectivity index (χ4v) is 4.58. The number of para-hydroxylation sites is 1. The quantitative estimate of drug-likeness (QED) is 0.628. The van der Waals surface area contributed by atoms with E-state index in [0.717, 1.165) is 4.90 Å². The van der Waals surface area contributed by atoms with Crippen LogP contribution in [0, 0.1) is 5.82 Å². The molecule has 3 amide bonds. The van der Waals surface area contributed by atoms with Gasteiger partial charge in [-0.3, -0.25) is 19.3 Å². The fourth-order valence-electron chi connectivity index (χ4n) is 4.58. The van der Waals surface area contributed by atoms with Gasteiger partial charge in [0, 0.05) is 45.8 Å². The van der Waals surface area contributed by atoms with Crippen molar-refractivity contribution >= 4 is 17.7 Å². The van der Waals surface area contributed by atoms with Crippen LogP contribution in [0.3, 0.4) is 0 Å². The van der Waals surface area contributed by atoms with Crippen LogP contribution >= 0.6 is 0 Å². The average molecular weight is 454 g/mol. The maximum absolute atomic E-state index is 13.9. The van der Waals surface area contributed by atoms with Gasteiger partial charge in [0.2, 0.25) is 17.7 Å². The molecule has 2 aromatic rings. The van der Waals surface area contributed by atoms with Crippen molar-refractivity contribution in [3.8, 4) is 11.5 Å². The molecule has 1 atom stereocenters. The van der Waals surface area contributed by atoms with Gasteiger partial charge in [0.05, 0.1) is 12.5 Å². The van der Waals surface area contributed by atoms with Gasteiger partial charge in [-0.15, -0.1) is 0 Å². The summed E-state index contributed by atoms with van der Waals surface area (Å²) in [6.45, 7) is 0.878. The lowest BCUT2D eigenvalue weighted by Gasteiger charge is -2.35. The molecule has 4 rings (SSSR count). The van der Waals surface area contributed by atoms with E-state index in [1.165, 1.54) is 13.1 Å². The number of nitrogens with zero attached hydrogens (tertiary/aromatic N) is 2. The summed E-state index contributed by atoms with van der Waals surface area (Å²) >= 11 is 0. The zero-order chi connectivity index (χ0) is 23.6. The lowest BCUT2D eigenvalue weighted by molar-refractivity contribution is -0.142. The molecule has 174 valence electrons. The Kier molecular flexibility index (Phi) is 6.35. The molecule has 2 heterocycles. The number of rotatable bonds is 6. The first-order valence-corrected chi connectivity index (χ1v) is 11.0. The molecule has 0 bridgehead atoms. The third kappa shape index (κ3) is 4.42. The second-order valence-corrected chi connectivity index (χ2v) is 8.55. The normalized spacial score (nSPS) is 21.4. The smallest absolute Gasteiger partial charge is 0.240 e. The van der Waals surface area contributed by atoms with Crippen molar-refractivity contribution in [3.05, 3.63) is 59.9 Å². The van der Waals surface area contributed by atoms with E-state index in [0.29, 0.717) is 37.2 Å². The fraction of sp³-hybridized carbons (Fsp3) is 0.400. The molecule has 2 aromatic carbocycles. The van der Waals surface area contributed by atoms with Crippen molar-refractivity contribution in [2.45, 2.75) is 37.2 Å². The van der Waals surface area contributed by atoms with E-state index in [9.17, 15) is 18.8 Å². The van der Waals surface area contributed by atoms with E-state index >= 15 is 0 Å². The second kappa shape index (κ2) is 9.21. The maximum atomic E-state index is 13.9. The summed E-state index contributed by atoms with van der Waals surface area (Å²) in [4.78, 5) is 41.6. The highest BCUT2D eigenvalue weighted by Gasteiger charge is 2.53. The van der Waals surface area contributed by atoms with Gasteiger partial charge < -0.3 is 14.4 Å². The molecule has 33 heavy (non-hydrogen) atoms. The molecule has 2 aliphatic heterocycles. The van der Waals surface area contributed by atoms with Crippen molar-refractivity contribution in [1.29, 1.82) is 0 Å². The van der Waals surface area contributed by atoms with Crippen LogP contribution in [0.5, 0.6) is 11.5 Å². The minimum atomic E-state index is -1.23. The Morgan fingerprint density at radius 3 is 2.33 bits per heavy atom. The minimum absolute atomic E-state index is 0.0484. The number of amides is 3. The molecular weight excluding hydrogens is 427 g/mol. The summed E-state index contributed by atoms with van der Waals surface area (Å²) in [6, 6.07) is 13.2. The van der Waals surface area contributed by atoms with Gasteiger partial charge in [-0.1, -0.05) is 24.3 Å². The van der Waals surface area contributed by atoms with Gasteiger partial charge in [-0.05, 0) is 29.8 Å². The maximum Gasteiger partial charge on any atom is 0.240 e. The molecule has 0 radical (unpaired) electrons. The lowest BCUT2D eigenvalue weighted by Crippen LogP contribution is -2.46. The zero-order valence-electron chi connectivity index (χ0n) is 18.8. The van der Waals surface area contributed by atoms with E-state index in [4.69, 9.17) is 9.47 Å². The third-order valence-electron chi connectivity index (χ3n) is 6.56. The lowest BCUT2D eigenvalue weighted by atomic mass is 9.75. The van der Waals surface area contributed by atoms with Gasteiger partial charge in [-0.2, -0.15) is 0 Å². The van der Waals surface area contributed by atoms with E-state index in [1.807, 2.05) is 0 Å². The zero-order valence-corrected chi connectivity index (χ0v) is 18.8. The predicted octanol–water partition coefficient (Wildman–Crippen LogP) is 2.92. The molecule has 0 N–H and O–H groups in total. The highest BCUT2D eigenvalue weighted by molar-refractivity contribution is 6.10. The van der Waals surface area contributed by atoms with E-state index in [2.05, 4.69) is 0 Å². The number of benzene rings is 2. The summed E-state index contributed by atoms with van der Waals surface area (Å²) in [5.41, 5.74) is -0.604. The van der Waals surface area contributed by atoms with E-state index in [1.54, 1.807) is 54.5 Å². The largest absolute Gasteiger partial charge is 0.497 e.